The van der Waals surface area contributed by atoms with Crippen molar-refractivity contribution >= 4 is 0 Å². The van der Waals surface area contributed by atoms with Crippen molar-refractivity contribution in [3.05, 3.63) is 0 Å². The van der Waals surface area contributed by atoms with Crippen LogP contribution in [0.4, 0.5) is 0 Å². The normalized spacial score (nSPS) is 46.4. The zero-order valence-electron chi connectivity index (χ0n) is 7.33. The lowest BCUT2D eigenvalue weighted by Crippen LogP contribution is -2.62. The van der Waals surface area contributed by atoms with Gasteiger partial charge in [-0.25, -0.2) is 0 Å². The topological polar surface area (TPSA) is 105 Å². The second-order valence-electron chi connectivity index (χ2n) is 3.02. The lowest BCUT2D eigenvalue weighted by Gasteiger charge is -2.39. The lowest BCUT2D eigenvalue weighted by atomic mass is 9.97. The van der Waals surface area contributed by atoms with Crippen molar-refractivity contribution in [1.82, 2.24) is 0 Å². The van der Waals surface area contributed by atoms with Crippen LogP contribution in [-0.4, -0.2) is 59.7 Å². The van der Waals surface area contributed by atoms with Crippen LogP contribution in [0, 0.1) is 0 Å². The highest BCUT2D eigenvalue weighted by molar-refractivity contribution is 4.91. The first kappa shape index (κ1) is 10.8. The standard InChI is InChI=1S/C7H15NO5/c1-12-7-6(11)4(8)5(10)3(2-9)13-7/h3-7,9-11H,2,8H2,1H3/t3-,4+,5-,6+,7+/m1/s1. The van der Waals surface area contributed by atoms with E-state index in [-0.39, 0.29) is 6.61 Å². The third-order valence-electron chi connectivity index (χ3n) is 2.17. The van der Waals surface area contributed by atoms with E-state index in [1.54, 1.807) is 0 Å². The van der Waals surface area contributed by atoms with Crippen LogP contribution in [-0.2, 0) is 9.47 Å². The number of hydrogen-bond acceptors (Lipinski definition) is 6. The van der Waals surface area contributed by atoms with Gasteiger partial charge < -0.3 is 30.5 Å². The first-order valence-electron chi connectivity index (χ1n) is 4.02. The van der Waals surface area contributed by atoms with E-state index in [1.165, 1.54) is 7.11 Å². The average molecular weight is 193 g/mol. The Hall–Kier alpha value is -0.240. The summed E-state index contributed by atoms with van der Waals surface area (Å²) in [6.45, 7) is -0.360. The third kappa shape index (κ3) is 1.98. The minimum atomic E-state index is -1.08. The predicted octanol–water partition coefficient (Wildman–Crippen LogP) is -2.60. The van der Waals surface area contributed by atoms with Crippen LogP contribution in [0.15, 0.2) is 0 Å². The number of ether oxygens (including phenoxy) is 2. The van der Waals surface area contributed by atoms with E-state index in [1.807, 2.05) is 0 Å². The molecule has 6 nitrogen and oxygen atoms in total. The minimum absolute atomic E-state index is 0.360. The van der Waals surface area contributed by atoms with Gasteiger partial charge in [0.1, 0.15) is 18.3 Å². The zero-order valence-corrected chi connectivity index (χ0v) is 7.33. The quantitative estimate of drug-likeness (QED) is 0.383. The highest BCUT2D eigenvalue weighted by Crippen LogP contribution is 2.19. The van der Waals surface area contributed by atoms with Gasteiger partial charge in [0, 0.05) is 7.11 Å². The second kappa shape index (κ2) is 4.32. The van der Waals surface area contributed by atoms with E-state index < -0.39 is 30.6 Å². The van der Waals surface area contributed by atoms with Gasteiger partial charge in [-0.1, -0.05) is 0 Å². The molecular formula is C7H15NO5. The Morgan fingerprint density at radius 2 is 2.00 bits per heavy atom. The van der Waals surface area contributed by atoms with Crippen LogP contribution < -0.4 is 5.73 Å². The van der Waals surface area contributed by atoms with E-state index in [4.69, 9.17) is 20.3 Å². The van der Waals surface area contributed by atoms with Gasteiger partial charge in [0.25, 0.3) is 0 Å². The van der Waals surface area contributed by atoms with Gasteiger partial charge in [0.15, 0.2) is 6.29 Å². The molecule has 5 N–H and O–H groups in total. The molecule has 0 spiro atoms. The summed E-state index contributed by atoms with van der Waals surface area (Å²) in [7, 11) is 1.35. The van der Waals surface area contributed by atoms with Gasteiger partial charge in [-0.3, -0.25) is 0 Å². The molecule has 78 valence electrons. The number of hydrogen-bond donors (Lipinski definition) is 4. The van der Waals surface area contributed by atoms with Crippen LogP contribution in [0.3, 0.4) is 0 Å². The Kier molecular flexibility index (Phi) is 3.60. The lowest BCUT2D eigenvalue weighted by molar-refractivity contribution is -0.267. The van der Waals surface area contributed by atoms with Crippen LogP contribution in [0.1, 0.15) is 0 Å². The number of nitrogens with two attached hydrogens (primary N) is 1. The molecule has 0 radical (unpaired) electrons. The average Bonchev–Trinajstić information content (AvgIpc) is 2.15. The summed E-state index contributed by atoms with van der Waals surface area (Å²) in [6.07, 6.45) is -3.85. The number of rotatable bonds is 2. The molecule has 1 aliphatic heterocycles. The molecule has 0 unspecified atom stereocenters. The summed E-state index contributed by atoms with van der Waals surface area (Å²) < 4.78 is 9.81. The molecule has 1 rings (SSSR count). The molecule has 6 heteroatoms. The van der Waals surface area contributed by atoms with Crippen molar-refractivity contribution in [3.63, 3.8) is 0 Å². The van der Waals surface area contributed by atoms with Crippen LogP contribution in [0.25, 0.3) is 0 Å². The molecule has 0 bridgehead atoms. The maximum absolute atomic E-state index is 9.40. The SMILES string of the molecule is CO[C@H]1O[C@H](CO)[C@@H](O)[C@H](N)[C@@H]1O. The Bertz CT molecular complexity index is 147. The molecule has 0 saturated carbocycles. The zero-order chi connectivity index (χ0) is 10.0. The highest BCUT2D eigenvalue weighted by Gasteiger charge is 2.42. The van der Waals surface area contributed by atoms with Gasteiger partial charge >= 0.3 is 0 Å². The van der Waals surface area contributed by atoms with Crippen molar-refractivity contribution in [2.45, 2.75) is 30.6 Å². The Morgan fingerprint density at radius 3 is 2.46 bits per heavy atom. The predicted molar refractivity (Wildman–Crippen MR) is 42.7 cm³/mol. The summed E-state index contributed by atoms with van der Waals surface area (Å²) >= 11 is 0. The van der Waals surface area contributed by atoms with Crippen LogP contribution in [0.5, 0.6) is 0 Å². The summed E-state index contributed by atoms with van der Waals surface area (Å²) in [6, 6.07) is -0.865. The van der Waals surface area contributed by atoms with Gasteiger partial charge in [0.05, 0.1) is 12.6 Å². The van der Waals surface area contributed by atoms with E-state index in [9.17, 15) is 10.2 Å². The van der Waals surface area contributed by atoms with Crippen molar-refractivity contribution < 1.29 is 24.8 Å². The van der Waals surface area contributed by atoms with Gasteiger partial charge in [0.2, 0.25) is 0 Å². The molecular weight excluding hydrogens is 178 g/mol. The molecule has 1 saturated heterocycles. The Morgan fingerprint density at radius 1 is 1.38 bits per heavy atom. The molecule has 0 aromatic heterocycles. The van der Waals surface area contributed by atoms with Gasteiger partial charge in [-0.05, 0) is 0 Å². The molecule has 1 fully saturated rings. The maximum atomic E-state index is 9.40. The third-order valence-corrected chi connectivity index (χ3v) is 2.17. The van der Waals surface area contributed by atoms with Crippen LogP contribution >= 0.6 is 0 Å². The summed E-state index contributed by atoms with van der Waals surface area (Å²) in [5.41, 5.74) is 5.48. The molecule has 0 aromatic rings. The monoisotopic (exact) mass is 193 g/mol. The van der Waals surface area contributed by atoms with Crippen molar-refractivity contribution in [2.24, 2.45) is 5.73 Å². The number of aliphatic hydroxyl groups is 3. The first-order valence-corrected chi connectivity index (χ1v) is 4.02. The second-order valence-corrected chi connectivity index (χ2v) is 3.02. The molecule has 0 aromatic carbocycles. The fraction of sp³-hybridized carbons (Fsp3) is 1.00. The Balaban J connectivity index is 2.66. The number of aliphatic hydroxyl groups excluding tert-OH is 3. The van der Waals surface area contributed by atoms with E-state index >= 15 is 0 Å². The fourth-order valence-corrected chi connectivity index (χ4v) is 1.31. The molecule has 0 amide bonds. The fourth-order valence-electron chi connectivity index (χ4n) is 1.31. The molecule has 5 atom stereocenters. The summed E-state index contributed by atoms with van der Waals surface area (Å²) in [5, 5.41) is 27.6. The Labute approximate surface area is 75.9 Å². The highest BCUT2D eigenvalue weighted by atomic mass is 16.7. The van der Waals surface area contributed by atoms with Crippen molar-refractivity contribution in [3.8, 4) is 0 Å². The van der Waals surface area contributed by atoms with E-state index in [2.05, 4.69) is 0 Å². The molecule has 1 aliphatic rings. The largest absolute Gasteiger partial charge is 0.394 e. The van der Waals surface area contributed by atoms with Crippen molar-refractivity contribution in [1.29, 1.82) is 0 Å². The smallest absolute Gasteiger partial charge is 0.185 e. The summed E-state index contributed by atoms with van der Waals surface area (Å²) in [5.74, 6) is 0. The molecule has 1 heterocycles. The van der Waals surface area contributed by atoms with Crippen molar-refractivity contribution in [2.75, 3.05) is 13.7 Å². The van der Waals surface area contributed by atoms with Gasteiger partial charge in [-0.15, -0.1) is 0 Å². The van der Waals surface area contributed by atoms with Gasteiger partial charge in [-0.2, -0.15) is 0 Å². The van der Waals surface area contributed by atoms with E-state index in [0.29, 0.717) is 0 Å². The molecule has 13 heavy (non-hydrogen) atoms. The minimum Gasteiger partial charge on any atom is -0.394 e. The maximum Gasteiger partial charge on any atom is 0.185 e. The molecule has 0 aliphatic carbocycles. The van der Waals surface area contributed by atoms with E-state index in [0.717, 1.165) is 0 Å². The summed E-state index contributed by atoms with van der Waals surface area (Å²) in [4.78, 5) is 0. The number of methoxy groups -OCH3 is 1. The van der Waals surface area contributed by atoms with Crippen LogP contribution in [0.2, 0.25) is 0 Å². The first-order chi connectivity index (χ1) is 6.11.